The van der Waals surface area contributed by atoms with Crippen molar-refractivity contribution in [1.29, 1.82) is 0 Å². The predicted octanol–water partition coefficient (Wildman–Crippen LogP) is 3.41. The number of hydrogen-bond acceptors (Lipinski definition) is 17. The van der Waals surface area contributed by atoms with Crippen molar-refractivity contribution in [1.82, 2.24) is 38.1 Å². The molecule has 2 aromatic carbocycles. The molecule has 0 saturated heterocycles. The number of carboxylic acid groups (broad SMARTS) is 1. The number of ether oxygens (including phenoxy) is 1. The van der Waals surface area contributed by atoms with Crippen molar-refractivity contribution in [2.24, 2.45) is 26.1 Å². The summed E-state index contributed by atoms with van der Waals surface area (Å²) >= 11 is 0. The maximum Gasteiger partial charge on any atom is 0.353 e. The largest absolute Gasteiger partial charge is 0.481 e. The van der Waals surface area contributed by atoms with E-state index >= 15 is 0 Å². The highest BCUT2D eigenvalue weighted by Crippen LogP contribution is 2.25. The summed E-state index contributed by atoms with van der Waals surface area (Å²) in [5.74, 6) is -1.57. The van der Waals surface area contributed by atoms with Crippen molar-refractivity contribution in [3.63, 3.8) is 0 Å². The van der Waals surface area contributed by atoms with Gasteiger partial charge in [-0.15, -0.1) is 0 Å². The minimum atomic E-state index is -0.887. The Hall–Kier alpha value is -9.09. The minimum absolute atomic E-state index is 0.0246. The van der Waals surface area contributed by atoms with Gasteiger partial charge in [0.15, 0.2) is 29.3 Å². The number of nitrogens with zero attached hydrogens (tertiary/aromatic N) is 10. The minimum Gasteiger partial charge on any atom is -0.481 e. The fraction of sp³-hybridized carbons (Fsp3) is 0.333. The molecule has 25 heteroatoms. The number of carbonyl (C=O) groups excluding carboxylic acids is 3. The Balaban J connectivity index is 0.000000197. The number of carbonyl (C=O) groups is 4. The van der Waals surface area contributed by atoms with Gasteiger partial charge in [0.2, 0.25) is 0 Å². The number of benzene rings is 2. The Morgan fingerprint density at radius 2 is 1.22 bits per heavy atom. The number of amides is 2. The molecule has 1 aliphatic heterocycles. The van der Waals surface area contributed by atoms with Crippen LogP contribution in [0.25, 0.3) is 11.2 Å². The number of anilines is 3. The number of aliphatic hydroxyl groups is 1. The molecule has 0 aliphatic carbocycles. The van der Waals surface area contributed by atoms with Gasteiger partial charge in [0.05, 0.1) is 25.8 Å². The first kappa shape index (κ1) is 53.3. The molecule has 4 N–H and O–H groups in total. The van der Waals surface area contributed by atoms with Gasteiger partial charge in [-0.25, -0.2) is 28.5 Å². The Labute approximate surface area is 414 Å². The molecular weight excluding hydrogens is 953 g/mol. The molecule has 2 amide bonds. The Kier molecular flexibility index (Phi) is 17.6. The van der Waals surface area contributed by atoms with Gasteiger partial charge in [-0.05, 0) is 68.8 Å². The summed E-state index contributed by atoms with van der Waals surface area (Å²) in [7, 11) is 6.42. The number of aryl methyl sites for hydroxylation is 4. The molecule has 0 bridgehead atoms. The normalized spacial score (nSPS) is 11.2. The maximum absolute atomic E-state index is 12.7. The van der Waals surface area contributed by atoms with E-state index in [1.807, 2.05) is 38.1 Å². The van der Waals surface area contributed by atoms with Crippen LogP contribution in [0.4, 0.5) is 22.9 Å². The van der Waals surface area contributed by atoms with Gasteiger partial charge in [-0.1, -0.05) is 45.7 Å². The van der Waals surface area contributed by atoms with Gasteiger partial charge in [-0.2, -0.15) is 4.90 Å². The van der Waals surface area contributed by atoms with E-state index in [0.29, 0.717) is 59.7 Å². The molecule has 5 aromatic heterocycles. The van der Waals surface area contributed by atoms with Crippen molar-refractivity contribution in [3.05, 3.63) is 143 Å². The quantitative estimate of drug-likeness (QED) is 0.0577. The summed E-state index contributed by atoms with van der Waals surface area (Å²) in [5, 5.41) is 30.1. The molecule has 0 spiro atoms. The lowest BCUT2D eigenvalue weighted by molar-refractivity contribution is -0.145. The third kappa shape index (κ3) is 13.0. The van der Waals surface area contributed by atoms with E-state index in [0.717, 1.165) is 20.3 Å². The van der Waals surface area contributed by atoms with E-state index in [4.69, 9.17) is 24.0 Å². The Morgan fingerprint density at radius 1 is 0.699 bits per heavy atom. The number of carboxylic acids is 1. The van der Waals surface area contributed by atoms with E-state index in [1.165, 1.54) is 32.8 Å². The van der Waals surface area contributed by atoms with E-state index in [1.54, 1.807) is 57.0 Å². The highest BCUT2D eigenvalue weighted by Gasteiger charge is 2.34. The van der Waals surface area contributed by atoms with E-state index < -0.39 is 40.3 Å². The van der Waals surface area contributed by atoms with Crippen molar-refractivity contribution >= 4 is 64.1 Å². The smallest absolute Gasteiger partial charge is 0.353 e. The highest BCUT2D eigenvalue weighted by atomic mass is 16.5. The van der Waals surface area contributed by atoms with E-state index in [9.17, 15) is 38.4 Å². The lowest BCUT2D eigenvalue weighted by atomic mass is 10.2. The molecule has 7 aromatic rings. The topological polar surface area (TPSA) is 316 Å². The average Bonchev–Trinajstić information content (AvgIpc) is 4.20. The van der Waals surface area contributed by atoms with Gasteiger partial charge < -0.3 is 39.2 Å². The first-order chi connectivity index (χ1) is 34.9. The molecule has 73 heavy (non-hydrogen) atoms. The number of rotatable bonds is 17. The monoisotopic (exact) mass is 1010 g/mol. The van der Waals surface area contributed by atoms with Crippen LogP contribution in [-0.4, -0.2) is 85.5 Å². The number of fused-ring (bicyclic) bond motifs is 2. The third-order valence-electron chi connectivity index (χ3n) is 11.3. The zero-order chi connectivity index (χ0) is 52.9. The lowest BCUT2D eigenvalue weighted by Gasteiger charge is -2.09. The van der Waals surface area contributed by atoms with E-state index in [2.05, 4.69) is 37.3 Å². The van der Waals surface area contributed by atoms with Crippen LogP contribution in [0.3, 0.4) is 0 Å². The summed E-state index contributed by atoms with van der Waals surface area (Å²) in [6, 6.07) is 14.7. The zero-order valence-corrected chi connectivity index (χ0v) is 40.8. The van der Waals surface area contributed by atoms with Crippen LogP contribution in [0, 0.1) is 13.8 Å². The molecule has 8 rings (SSSR count). The van der Waals surface area contributed by atoms with Crippen LogP contribution in [0.5, 0.6) is 0 Å². The molecule has 1 aliphatic rings. The third-order valence-corrected chi connectivity index (χ3v) is 11.3. The summed E-state index contributed by atoms with van der Waals surface area (Å²) in [6.45, 7) is 3.67. The zero-order valence-electron chi connectivity index (χ0n) is 40.8. The molecule has 0 radical (unpaired) electrons. The first-order valence-electron chi connectivity index (χ1n) is 22.7. The van der Waals surface area contributed by atoms with Crippen molar-refractivity contribution in [3.8, 4) is 0 Å². The molecule has 0 saturated carbocycles. The number of imidazole rings is 1. The predicted molar refractivity (Wildman–Crippen MR) is 264 cm³/mol. The molecule has 382 valence electrons. The standard InChI is InChI=1S/C24H26N6O6.C12H14N4O4.C12H12N2O3/c1-15-7-9-16(10-8-15)27-22(32)17-12-26-36-18(17)13-35-19(31)6-4-5-11-30-23(33)20-21(25-14-28(20)2)29(3)24(30)34;1-14-7-13-10-9(14)11(19)16(12(20)15(10)2)6-4-3-5-8(17)18;1-8-2-4-9(5-3-8)14-12(16)10-6-13-17-11(10)7-15/h7-10,12,14H,4-6,11,13H2,1-3H3,(H,27,32);3-6H2,1-2H3;2-6,15H,7H2,1H3,(H,14,16)/p+1. The van der Waals surface area contributed by atoms with Crippen LogP contribution in [0.2, 0.25) is 0 Å². The summed E-state index contributed by atoms with van der Waals surface area (Å²) in [6.07, 6.45) is 8.43. The van der Waals surface area contributed by atoms with Gasteiger partial charge in [0, 0.05) is 58.4 Å². The second-order valence-corrected chi connectivity index (χ2v) is 16.7. The summed E-state index contributed by atoms with van der Waals surface area (Å²) in [4.78, 5) is 106. The van der Waals surface area contributed by atoms with Gasteiger partial charge in [0.1, 0.15) is 17.7 Å². The number of aromatic nitrogens is 8. The number of hydrogen-bond donors (Lipinski definition) is 4. The molecular formula is C48H53N12O13+. The van der Waals surface area contributed by atoms with Crippen molar-refractivity contribution < 1.29 is 43.2 Å². The summed E-state index contributed by atoms with van der Waals surface area (Å²) < 4.78 is 21.5. The number of aliphatic carboxylic acids is 1. The van der Waals surface area contributed by atoms with Crippen molar-refractivity contribution in [2.45, 2.75) is 78.7 Å². The van der Waals surface area contributed by atoms with Crippen LogP contribution in [0.15, 0.2) is 100 Å². The number of aliphatic imine (C=N–C) groups is 1. The Bertz CT molecular complexity index is 3390. The van der Waals surface area contributed by atoms with Crippen LogP contribution in [-0.2, 0) is 61.8 Å². The molecule has 6 heterocycles. The van der Waals surface area contributed by atoms with Crippen LogP contribution in [0.1, 0.15) is 81.9 Å². The van der Waals surface area contributed by atoms with Gasteiger partial charge >= 0.3 is 40.4 Å². The fourth-order valence-corrected chi connectivity index (χ4v) is 7.22. The van der Waals surface area contributed by atoms with Gasteiger partial charge in [-0.3, -0.25) is 33.1 Å². The molecule has 0 fully saturated rings. The van der Waals surface area contributed by atoms with Crippen molar-refractivity contribution in [2.75, 3.05) is 22.6 Å². The van der Waals surface area contributed by atoms with Crippen LogP contribution < -0.4 is 38.0 Å². The fourth-order valence-electron chi connectivity index (χ4n) is 7.22. The lowest BCUT2D eigenvalue weighted by Crippen LogP contribution is -2.40. The summed E-state index contributed by atoms with van der Waals surface area (Å²) in [5.41, 5.74) is 3.11. The Morgan fingerprint density at radius 3 is 1.78 bits per heavy atom. The van der Waals surface area contributed by atoms with Gasteiger partial charge in [0.25, 0.3) is 23.7 Å². The highest BCUT2D eigenvalue weighted by molar-refractivity contribution is 6.05. The SMILES string of the molecule is CN1[C+]=Nc2c1c(=O)n(CCCCC(=O)O)c(=O)n2C.Cc1ccc(NC(=O)c2cnoc2CO)cc1.Cc1ccc(NC(=O)c2cnoc2COC(=O)CCCCn2c(=O)c3c(ncn3C)n(C)c2=O)cc1. The number of unbranched alkanes of at least 4 members (excludes halogenated alkanes) is 2. The number of esters is 1. The first-order valence-corrected chi connectivity index (χ1v) is 22.7. The molecule has 25 nitrogen and oxygen atoms in total. The average molecular weight is 1010 g/mol. The number of aliphatic hydroxyl groups excluding tert-OH is 1. The van der Waals surface area contributed by atoms with Crippen LogP contribution >= 0.6 is 0 Å². The molecule has 0 unspecified atom stereocenters. The van der Waals surface area contributed by atoms with E-state index in [-0.39, 0.29) is 67.7 Å². The second-order valence-electron chi connectivity index (χ2n) is 16.7. The number of nitrogens with one attached hydrogen (secondary N) is 2. The molecule has 0 atom stereocenters. The maximum atomic E-state index is 12.7. The second kappa shape index (κ2) is 24.2.